The molecular weight excluding hydrogens is 395 g/mol. The molecule has 0 bridgehead atoms. The van der Waals surface area contributed by atoms with Crippen molar-refractivity contribution in [1.29, 1.82) is 0 Å². The lowest BCUT2D eigenvalue weighted by atomic mass is 10.1. The molecular formula is C23H16F3NO3. The number of nitrogens with one attached hydrogen (secondary N) is 1. The predicted molar refractivity (Wildman–Crippen MR) is 107 cm³/mol. The number of rotatable bonds is 5. The van der Waals surface area contributed by atoms with Gasteiger partial charge in [-0.15, -0.1) is 0 Å². The summed E-state index contributed by atoms with van der Waals surface area (Å²) in [5, 5.41) is 2.67. The van der Waals surface area contributed by atoms with Crippen LogP contribution in [0.4, 0.5) is 18.9 Å². The van der Waals surface area contributed by atoms with Crippen LogP contribution in [0.25, 0.3) is 6.08 Å². The molecule has 3 aromatic carbocycles. The Balaban J connectivity index is 1.67. The van der Waals surface area contributed by atoms with Crippen molar-refractivity contribution < 1.29 is 27.5 Å². The van der Waals surface area contributed by atoms with Crippen LogP contribution < -0.4 is 5.32 Å². The van der Waals surface area contributed by atoms with Gasteiger partial charge in [0.25, 0.3) is 5.91 Å². The molecule has 30 heavy (non-hydrogen) atoms. The number of hydrogen-bond acceptors (Lipinski definition) is 3. The van der Waals surface area contributed by atoms with Crippen LogP contribution in [0.1, 0.15) is 31.8 Å². The lowest BCUT2D eigenvalue weighted by Gasteiger charge is -2.09. The third-order valence-electron chi connectivity index (χ3n) is 4.10. The first-order chi connectivity index (χ1) is 14.3. The molecule has 0 saturated heterocycles. The molecule has 0 fully saturated rings. The van der Waals surface area contributed by atoms with Crippen LogP contribution in [0.5, 0.6) is 0 Å². The lowest BCUT2D eigenvalue weighted by Crippen LogP contribution is -2.15. The van der Waals surface area contributed by atoms with E-state index in [9.17, 15) is 22.8 Å². The molecule has 0 unspecified atom stereocenters. The Kier molecular flexibility index (Phi) is 6.32. The van der Waals surface area contributed by atoms with Crippen molar-refractivity contribution in [2.45, 2.75) is 6.18 Å². The molecule has 0 aliphatic heterocycles. The Labute approximate surface area is 170 Å². The van der Waals surface area contributed by atoms with Crippen molar-refractivity contribution in [2.24, 2.45) is 0 Å². The summed E-state index contributed by atoms with van der Waals surface area (Å²) < 4.78 is 42.8. The Morgan fingerprint density at radius 2 is 1.47 bits per heavy atom. The van der Waals surface area contributed by atoms with Gasteiger partial charge in [-0.2, -0.15) is 13.2 Å². The summed E-state index contributed by atoms with van der Waals surface area (Å²) in [4.78, 5) is 24.7. The van der Waals surface area contributed by atoms with Gasteiger partial charge in [0.05, 0.1) is 23.1 Å². The fourth-order valence-electron chi connectivity index (χ4n) is 2.58. The Morgan fingerprint density at radius 1 is 0.833 bits per heavy atom. The number of benzene rings is 3. The molecule has 0 aliphatic carbocycles. The van der Waals surface area contributed by atoms with Crippen molar-refractivity contribution in [3.63, 3.8) is 0 Å². The zero-order valence-corrected chi connectivity index (χ0v) is 15.5. The SMILES string of the molecule is O=C(Nc1ccccc1C(=O)O/C=C/c1ccc(C(F)(F)F)cc1)c1ccccc1. The number of carbonyl (C=O) groups is 2. The maximum atomic E-state index is 12.6. The maximum absolute atomic E-state index is 12.6. The predicted octanol–water partition coefficient (Wildman–Crippen LogP) is 5.79. The molecule has 0 atom stereocenters. The van der Waals surface area contributed by atoms with Crippen molar-refractivity contribution in [1.82, 2.24) is 0 Å². The highest BCUT2D eigenvalue weighted by Gasteiger charge is 2.29. The molecule has 4 nitrogen and oxygen atoms in total. The summed E-state index contributed by atoms with van der Waals surface area (Å²) in [6.07, 6.45) is -1.97. The third kappa shape index (κ3) is 5.35. The van der Waals surface area contributed by atoms with E-state index in [0.29, 0.717) is 11.1 Å². The highest BCUT2D eigenvalue weighted by Crippen LogP contribution is 2.29. The summed E-state index contributed by atoms with van der Waals surface area (Å²) in [6, 6.07) is 19.3. The van der Waals surface area contributed by atoms with Gasteiger partial charge in [-0.25, -0.2) is 4.79 Å². The Bertz CT molecular complexity index is 1060. The molecule has 3 aromatic rings. The molecule has 0 heterocycles. The molecule has 0 aliphatic rings. The first kappa shape index (κ1) is 20.9. The molecule has 0 saturated carbocycles. The van der Waals surface area contributed by atoms with Crippen LogP contribution in [0.2, 0.25) is 0 Å². The molecule has 0 radical (unpaired) electrons. The number of ether oxygens (including phenoxy) is 1. The zero-order valence-electron chi connectivity index (χ0n) is 15.5. The average molecular weight is 411 g/mol. The van der Waals surface area contributed by atoms with E-state index >= 15 is 0 Å². The van der Waals surface area contributed by atoms with Gasteiger partial charge in [0.1, 0.15) is 0 Å². The van der Waals surface area contributed by atoms with E-state index in [4.69, 9.17) is 4.74 Å². The summed E-state index contributed by atoms with van der Waals surface area (Å²) in [6.45, 7) is 0. The van der Waals surface area contributed by atoms with Gasteiger partial charge in [-0.1, -0.05) is 42.5 Å². The highest BCUT2D eigenvalue weighted by atomic mass is 19.4. The largest absolute Gasteiger partial charge is 0.431 e. The molecule has 1 N–H and O–H groups in total. The smallest absolute Gasteiger partial charge is 0.416 e. The van der Waals surface area contributed by atoms with Gasteiger partial charge in [0.2, 0.25) is 0 Å². The first-order valence-corrected chi connectivity index (χ1v) is 8.85. The molecule has 152 valence electrons. The van der Waals surface area contributed by atoms with Crippen molar-refractivity contribution >= 4 is 23.6 Å². The first-order valence-electron chi connectivity index (χ1n) is 8.85. The van der Waals surface area contributed by atoms with Crippen molar-refractivity contribution in [2.75, 3.05) is 5.32 Å². The number of para-hydroxylation sites is 1. The molecule has 7 heteroatoms. The van der Waals surface area contributed by atoms with E-state index in [0.717, 1.165) is 18.4 Å². The minimum Gasteiger partial charge on any atom is -0.431 e. The highest BCUT2D eigenvalue weighted by molar-refractivity contribution is 6.08. The van der Waals surface area contributed by atoms with E-state index in [2.05, 4.69) is 5.32 Å². The number of hydrogen-bond donors (Lipinski definition) is 1. The van der Waals surface area contributed by atoms with E-state index in [1.807, 2.05) is 0 Å². The van der Waals surface area contributed by atoms with Gasteiger partial charge in [-0.05, 0) is 48.0 Å². The topological polar surface area (TPSA) is 55.4 Å². The van der Waals surface area contributed by atoms with Crippen molar-refractivity contribution in [3.05, 3.63) is 107 Å². The number of anilines is 1. The lowest BCUT2D eigenvalue weighted by molar-refractivity contribution is -0.137. The fraction of sp³-hybridized carbons (Fsp3) is 0.0435. The summed E-state index contributed by atoms with van der Waals surface area (Å²) in [7, 11) is 0. The standard InChI is InChI=1S/C23H16F3NO3/c24-23(25,26)18-12-10-16(11-13-18)14-15-30-22(29)19-8-4-5-9-20(19)27-21(28)17-6-2-1-3-7-17/h1-15H,(H,27,28)/b15-14+. The normalized spacial score (nSPS) is 11.3. The van der Waals surface area contributed by atoms with Crippen LogP contribution in [-0.2, 0) is 10.9 Å². The maximum Gasteiger partial charge on any atom is 0.416 e. The molecule has 0 aromatic heterocycles. The number of esters is 1. The fourth-order valence-corrected chi connectivity index (χ4v) is 2.58. The Hall–Kier alpha value is -3.87. The number of halogens is 3. The van der Waals surface area contributed by atoms with Crippen LogP contribution in [-0.4, -0.2) is 11.9 Å². The summed E-state index contributed by atoms with van der Waals surface area (Å²) >= 11 is 0. The summed E-state index contributed by atoms with van der Waals surface area (Å²) in [5.41, 5.74) is 0.516. The van der Waals surface area contributed by atoms with Crippen molar-refractivity contribution in [3.8, 4) is 0 Å². The van der Waals surface area contributed by atoms with Crippen LogP contribution in [0, 0.1) is 0 Å². The van der Waals surface area contributed by atoms with E-state index in [1.54, 1.807) is 48.5 Å². The van der Waals surface area contributed by atoms with Gasteiger partial charge in [-0.3, -0.25) is 4.79 Å². The third-order valence-corrected chi connectivity index (χ3v) is 4.10. The van der Waals surface area contributed by atoms with Gasteiger partial charge in [0, 0.05) is 5.56 Å². The van der Waals surface area contributed by atoms with Gasteiger partial charge < -0.3 is 10.1 Å². The molecule has 1 amide bonds. The van der Waals surface area contributed by atoms with Crippen LogP contribution >= 0.6 is 0 Å². The monoisotopic (exact) mass is 411 g/mol. The molecule has 3 rings (SSSR count). The van der Waals surface area contributed by atoms with Gasteiger partial charge >= 0.3 is 12.1 Å². The van der Waals surface area contributed by atoms with E-state index in [1.165, 1.54) is 24.3 Å². The minimum atomic E-state index is -4.41. The van der Waals surface area contributed by atoms with E-state index in [-0.39, 0.29) is 17.2 Å². The number of carbonyl (C=O) groups excluding carboxylic acids is 2. The number of alkyl halides is 3. The van der Waals surface area contributed by atoms with Crippen LogP contribution in [0.3, 0.4) is 0 Å². The van der Waals surface area contributed by atoms with Crippen LogP contribution in [0.15, 0.2) is 85.1 Å². The van der Waals surface area contributed by atoms with E-state index < -0.39 is 17.7 Å². The quantitative estimate of drug-likeness (QED) is 0.427. The number of amides is 1. The van der Waals surface area contributed by atoms with Gasteiger partial charge in [0.15, 0.2) is 0 Å². The second-order valence-corrected chi connectivity index (χ2v) is 6.19. The Morgan fingerprint density at radius 3 is 2.13 bits per heavy atom. The minimum absolute atomic E-state index is 0.138. The average Bonchev–Trinajstić information content (AvgIpc) is 2.74. The molecule has 0 spiro atoms. The second kappa shape index (κ2) is 9.09. The second-order valence-electron chi connectivity index (χ2n) is 6.19. The zero-order chi connectivity index (χ0) is 21.6. The summed E-state index contributed by atoms with van der Waals surface area (Å²) in [5.74, 6) is -1.10.